The van der Waals surface area contributed by atoms with Crippen molar-refractivity contribution in [3.63, 3.8) is 0 Å². The predicted molar refractivity (Wildman–Crippen MR) is 77.3 cm³/mol. The van der Waals surface area contributed by atoms with E-state index in [0.29, 0.717) is 19.8 Å². The summed E-state index contributed by atoms with van der Waals surface area (Å²) in [5, 5.41) is 4.37. The van der Waals surface area contributed by atoms with Gasteiger partial charge in [-0.25, -0.2) is 4.68 Å². The molecule has 0 radical (unpaired) electrons. The molecule has 1 fully saturated rings. The molecule has 0 spiro atoms. The van der Waals surface area contributed by atoms with Gasteiger partial charge in [-0.05, 0) is 18.2 Å². The summed E-state index contributed by atoms with van der Waals surface area (Å²) in [5.41, 5.74) is 1.52. The lowest BCUT2D eigenvalue weighted by Crippen LogP contribution is -2.29. The molecule has 0 aliphatic carbocycles. The molecule has 1 saturated heterocycles. The Balaban J connectivity index is 1.91. The number of hydrogen-bond donors (Lipinski definition) is 0. The summed E-state index contributed by atoms with van der Waals surface area (Å²) in [7, 11) is 0. The van der Waals surface area contributed by atoms with Gasteiger partial charge in [-0.3, -0.25) is 4.79 Å². The van der Waals surface area contributed by atoms with Crippen LogP contribution < -0.4 is 5.56 Å². The molecule has 1 aromatic carbocycles. The highest BCUT2D eigenvalue weighted by Crippen LogP contribution is 2.20. The fourth-order valence-electron chi connectivity index (χ4n) is 2.04. The predicted octanol–water partition coefficient (Wildman–Crippen LogP) is 2.05. The van der Waals surface area contributed by atoms with Crippen LogP contribution >= 0.6 is 15.9 Å². The first kappa shape index (κ1) is 13.5. The monoisotopic (exact) mass is 336 g/mol. The van der Waals surface area contributed by atoms with Crippen LogP contribution in [0.4, 0.5) is 0 Å². The lowest BCUT2D eigenvalue weighted by atomic mass is 10.1. The number of nitrogens with zero attached hydrogens (tertiary/aromatic N) is 2. The van der Waals surface area contributed by atoms with Gasteiger partial charge in [0.1, 0.15) is 0 Å². The Hall–Kier alpha value is -1.50. The lowest BCUT2D eigenvalue weighted by Gasteiger charge is -2.11. The quantitative estimate of drug-likeness (QED) is 0.860. The van der Waals surface area contributed by atoms with Crippen LogP contribution in [0.15, 0.2) is 45.7 Å². The zero-order chi connectivity index (χ0) is 13.9. The largest absolute Gasteiger partial charge is 0.348 e. The van der Waals surface area contributed by atoms with Gasteiger partial charge in [0.25, 0.3) is 5.56 Å². The SMILES string of the molecule is O=c1ccc(-c2cccc(Br)c2)nn1CC1OCCO1. The molecule has 0 amide bonds. The Morgan fingerprint density at radius 1 is 1.25 bits per heavy atom. The van der Waals surface area contributed by atoms with Gasteiger partial charge in [0.05, 0.1) is 25.5 Å². The zero-order valence-electron chi connectivity index (χ0n) is 10.7. The smallest absolute Gasteiger partial charge is 0.266 e. The summed E-state index contributed by atoms with van der Waals surface area (Å²) in [4.78, 5) is 11.8. The Bertz CT molecular complexity index is 665. The molecule has 1 aromatic heterocycles. The average Bonchev–Trinajstić information content (AvgIpc) is 2.94. The van der Waals surface area contributed by atoms with Crippen LogP contribution in [0.1, 0.15) is 0 Å². The van der Waals surface area contributed by atoms with E-state index in [9.17, 15) is 4.79 Å². The van der Waals surface area contributed by atoms with Gasteiger partial charge in [-0.15, -0.1) is 0 Å². The van der Waals surface area contributed by atoms with Crippen molar-refractivity contribution in [2.24, 2.45) is 0 Å². The maximum Gasteiger partial charge on any atom is 0.266 e. The van der Waals surface area contributed by atoms with Crippen LogP contribution in [0.3, 0.4) is 0 Å². The third-order valence-corrected chi connectivity index (χ3v) is 3.49. The first-order chi connectivity index (χ1) is 9.72. The summed E-state index contributed by atoms with van der Waals surface area (Å²) >= 11 is 3.43. The molecule has 3 rings (SSSR count). The Kier molecular flexibility index (Phi) is 3.95. The molecule has 6 heteroatoms. The summed E-state index contributed by atoms with van der Waals surface area (Å²) in [5.74, 6) is 0. The minimum atomic E-state index is -0.391. The molecule has 0 saturated carbocycles. The summed E-state index contributed by atoms with van der Waals surface area (Å²) < 4.78 is 13.0. The van der Waals surface area contributed by atoms with Crippen molar-refractivity contribution in [1.29, 1.82) is 0 Å². The highest BCUT2D eigenvalue weighted by Gasteiger charge is 2.17. The summed E-state index contributed by atoms with van der Waals surface area (Å²) in [6.45, 7) is 1.43. The van der Waals surface area contributed by atoms with Crippen LogP contribution in [-0.2, 0) is 16.0 Å². The number of rotatable bonds is 3. The van der Waals surface area contributed by atoms with E-state index in [1.165, 1.54) is 10.7 Å². The van der Waals surface area contributed by atoms with E-state index in [-0.39, 0.29) is 5.56 Å². The second-order valence-corrected chi connectivity index (χ2v) is 5.34. The molecule has 1 aliphatic rings. The third-order valence-electron chi connectivity index (χ3n) is 3.00. The van der Waals surface area contributed by atoms with E-state index >= 15 is 0 Å². The fraction of sp³-hybridized carbons (Fsp3) is 0.286. The molecule has 5 nitrogen and oxygen atoms in total. The van der Waals surface area contributed by atoms with E-state index in [1.807, 2.05) is 24.3 Å². The van der Waals surface area contributed by atoms with E-state index in [0.717, 1.165) is 15.7 Å². The van der Waals surface area contributed by atoms with E-state index in [2.05, 4.69) is 21.0 Å². The number of halogens is 1. The van der Waals surface area contributed by atoms with Crippen molar-refractivity contribution < 1.29 is 9.47 Å². The summed E-state index contributed by atoms with van der Waals surface area (Å²) in [6, 6.07) is 11.0. The van der Waals surface area contributed by atoms with Gasteiger partial charge in [-0.2, -0.15) is 5.10 Å². The van der Waals surface area contributed by atoms with Crippen LogP contribution in [0.25, 0.3) is 11.3 Å². The number of benzene rings is 1. The van der Waals surface area contributed by atoms with Gasteiger partial charge < -0.3 is 9.47 Å². The normalized spacial score (nSPS) is 15.7. The molecule has 1 aliphatic heterocycles. The zero-order valence-corrected chi connectivity index (χ0v) is 12.2. The molecule has 0 N–H and O–H groups in total. The maximum atomic E-state index is 11.8. The molecule has 0 bridgehead atoms. The van der Waals surface area contributed by atoms with E-state index < -0.39 is 6.29 Å². The first-order valence-corrected chi connectivity index (χ1v) is 7.09. The van der Waals surface area contributed by atoms with Crippen LogP contribution in [0.2, 0.25) is 0 Å². The second-order valence-electron chi connectivity index (χ2n) is 4.42. The van der Waals surface area contributed by atoms with Crippen LogP contribution in [0, 0.1) is 0 Å². The molecule has 2 heterocycles. The van der Waals surface area contributed by atoms with E-state index in [1.54, 1.807) is 6.07 Å². The van der Waals surface area contributed by atoms with Crippen LogP contribution in [-0.4, -0.2) is 29.3 Å². The van der Waals surface area contributed by atoms with Crippen molar-refractivity contribution >= 4 is 15.9 Å². The van der Waals surface area contributed by atoms with Crippen molar-refractivity contribution in [3.8, 4) is 11.3 Å². The molecule has 2 aromatic rings. The van der Waals surface area contributed by atoms with Gasteiger partial charge in [0, 0.05) is 16.1 Å². The maximum absolute atomic E-state index is 11.8. The molecular weight excluding hydrogens is 324 g/mol. The topological polar surface area (TPSA) is 53.4 Å². The van der Waals surface area contributed by atoms with Gasteiger partial charge in [0.15, 0.2) is 6.29 Å². The minimum absolute atomic E-state index is 0.164. The Morgan fingerprint density at radius 2 is 2.05 bits per heavy atom. The van der Waals surface area contributed by atoms with Crippen LogP contribution in [0.5, 0.6) is 0 Å². The van der Waals surface area contributed by atoms with E-state index in [4.69, 9.17) is 9.47 Å². The molecule has 0 unspecified atom stereocenters. The highest BCUT2D eigenvalue weighted by atomic mass is 79.9. The summed E-state index contributed by atoms with van der Waals surface area (Å²) in [6.07, 6.45) is -0.391. The highest BCUT2D eigenvalue weighted by molar-refractivity contribution is 9.10. The van der Waals surface area contributed by atoms with Crippen molar-refractivity contribution in [1.82, 2.24) is 9.78 Å². The van der Waals surface area contributed by atoms with Gasteiger partial charge in [0.2, 0.25) is 0 Å². The lowest BCUT2D eigenvalue weighted by molar-refractivity contribution is -0.0553. The standard InChI is InChI=1S/C14H13BrN2O3/c15-11-3-1-2-10(8-11)12-4-5-13(18)17(16-12)9-14-19-6-7-20-14/h1-5,8,14H,6-7,9H2. The van der Waals surface area contributed by atoms with Crippen molar-refractivity contribution in [2.75, 3.05) is 13.2 Å². The number of aromatic nitrogens is 2. The third kappa shape index (κ3) is 2.98. The average molecular weight is 337 g/mol. The second kappa shape index (κ2) is 5.87. The van der Waals surface area contributed by atoms with Crippen molar-refractivity contribution in [3.05, 3.63) is 51.2 Å². The Labute approximate surface area is 124 Å². The number of hydrogen-bond acceptors (Lipinski definition) is 4. The molecule has 104 valence electrons. The molecule has 0 atom stereocenters. The van der Waals surface area contributed by atoms with Gasteiger partial charge in [-0.1, -0.05) is 28.1 Å². The minimum Gasteiger partial charge on any atom is -0.348 e. The Morgan fingerprint density at radius 3 is 2.80 bits per heavy atom. The fourth-order valence-corrected chi connectivity index (χ4v) is 2.43. The molecule has 20 heavy (non-hydrogen) atoms. The van der Waals surface area contributed by atoms with Gasteiger partial charge >= 0.3 is 0 Å². The number of ether oxygens (including phenoxy) is 2. The molecular formula is C14H13BrN2O3. The first-order valence-electron chi connectivity index (χ1n) is 6.30. The van der Waals surface area contributed by atoms with Crippen molar-refractivity contribution in [2.45, 2.75) is 12.8 Å².